The molecule has 5 heteroatoms. The van der Waals surface area contributed by atoms with E-state index in [1.165, 1.54) is 0 Å². The summed E-state index contributed by atoms with van der Waals surface area (Å²) in [7, 11) is 1.97. The van der Waals surface area contributed by atoms with Crippen LogP contribution in [0.4, 0.5) is 5.69 Å². The van der Waals surface area contributed by atoms with Gasteiger partial charge in [0.2, 0.25) is 0 Å². The number of rotatable bonds is 2. The minimum atomic E-state index is -0.227. The Morgan fingerprint density at radius 2 is 1.78 bits per heavy atom. The molecule has 5 nitrogen and oxygen atoms in total. The van der Waals surface area contributed by atoms with Crippen molar-refractivity contribution in [1.82, 2.24) is 15.1 Å². The average molecular weight is 304 g/mol. The molecule has 0 radical (unpaired) electrons. The van der Waals surface area contributed by atoms with Gasteiger partial charge in [-0.1, -0.05) is 30.3 Å². The number of anilines is 1. The number of nitrogens with one attached hydrogen (secondary N) is 1. The number of hydrogen-bond donors (Lipinski definition) is 1. The van der Waals surface area contributed by atoms with Gasteiger partial charge in [0.15, 0.2) is 0 Å². The monoisotopic (exact) mass is 304 g/mol. The smallest absolute Gasteiger partial charge is 0.255 e. The second-order valence-electron chi connectivity index (χ2n) is 5.56. The number of nitrogens with zero attached hydrogens (tertiary/aromatic N) is 3. The number of carbonyl (C=O) groups is 1. The number of amides is 1. The normalized spacial score (nSPS) is 16.8. The first kappa shape index (κ1) is 13.6. The lowest BCUT2D eigenvalue weighted by molar-refractivity contribution is 0.0928. The summed E-state index contributed by atoms with van der Waals surface area (Å²) >= 11 is 0. The number of hydrogen-bond acceptors (Lipinski definition) is 3. The van der Waals surface area contributed by atoms with Crippen LogP contribution < -0.4 is 10.2 Å². The van der Waals surface area contributed by atoms with E-state index in [4.69, 9.17) is 0 Å². The Labute approximate surface area is 134 Å². The van der Waals surface area contributed by atoms with Crippen molar-refractivity contribution in [3.63, 3.8) is 0 Å². The Hall–Kier alpha value is -3.08. The van der Waals surface area contributed by atoms with Gasteiger partial charge in [-0.2, -0.15) is 5.10 Å². The summed E-state index contributed by atoms with van der Waals surface area (Å²) < 4.78 is 1.82. The molecule has 0 fully saturated rings. The third-order valence-electron chi connectivity index (χ3n) is 4.12. The lowest BCUT2D eigenvalue weighted by atomic mass is 10.1. The molecule has 1 atom stereocenters. The summed E-state index contributed by atoms with van der Waals surface area (Å²) in [5.74, 6) is -0.0591. The fraction of sp³-hybridized carbons (Fsp3) is 0.111. The van der Waals surface area contributed by atoms with Crippen molar-refractivity contribution in [1.29, 1.82) is 0 Å². The zero-order chi connectivity index (χ0) is 15.8. The fourth-order valence-electron chi connectivity index (χ4n) is 2.92. The standard InChI is InChI=1S/C18H16N4O/c1-21-16-10-6-5-9-15(16)18(23)20-17(21)13-11-19-22(12-13)14-7-3-2-4-8-14/h2-12,17H,1H3,(H,20,23)/t17-/m1/s1. The first-order chi connectivity index (χ1) is 11.2. The van der Waals surface area contributed by atoms with E-state index >= 15 is 0 Å². The van der Waals surface area contributed by atoms with Gasteiger partial charge in [-0.15, -0.1) is 0 Å². The molecule has 4 rings (SSSR count). The predicted octanol–water partition coefficient (Wildman–Crippen LogP) is 2.75. The molecule has 0 saturated carbocycles. The van der Waals surface area contributed by atoms with Crippen molar-refractivity contribution in [2.75, 3.05) is 11.9 Å². The zero-order valence-corrected chi connectivity index (χ0v) is 12.7. The summed E-state index contributed by atoms with van der Waals surface area (Å²) in [5, 5.41) is 7.45. The molecule has 0 unspecified atom stereocenters. The number of carbonyl (C=O) groups excluding carboxylic acids is 1. The quantitative estimate of drug-likeness (QED) is 0.792. The van der Waals surface area contributed by atoms with Crippen LogP contribution in [0.15, 0.2) is 67.0 Å². The molecule has 2 aromatic carbocycles. The third kappa shape index (κ3) is 2.26. The Morgan fingerprint density at radius 3 is 2.61 bits per heavy atom. The van der Waals surface area contributed by atoms with Crippen LogP contribution in [0.25, 0.3) is 5.69 Å². The summed E-state index contributed by atoms with van der Waals surface area (Å²) in [5.41, 5.74) is 3.55. The van der Waals surface area contributed by atoms with Gasteiger partial charge in [-0.25, -0.2) is 4.68 Å². The molecule has 114 valence electrons. The topological polar surface area (TPSA) is 50.2 Å². The van der Waals surface area contributed by atoms with Crippen molar-refractivity contribution >= 4 is 11.6 Å². The first-order valence-corrected chi connectivity index (χ1v) is 7.47. The molecule has 3 aromatic rings. The van der Waals surface area contributed by atoms with E-state index < -0.39 is 0 Å². The van der Waals surface area contributed by atoms with Crippen molar-refractivity contribution in [3.8, 4) is 5.69 Å². The molecule has 2 heterocycles. The molecule has 1 N–H and O–H groups in total. The SMILES string of the molecule is CN1c2ccccc2C(=O)N[C@H]1c1cnn(-c2ccccc2)c1. The third-order valence-corrected chi connectivity index (χ3v) is 4.12. The maximum atomic E-state index is 12.3. The Kier molecular flexibility index (Phi) is 3.12. The second kappa shape index (κ2) is 5.28. The minimum absolute atomic E-state index is 0.0591. The maximum Gasteiger partial charge on any atom is 0.255 e. The van der Waals surface area contributed by atoms with Gasteiger partial charge in [0.1, 0.15) is 6.17 Å². The molecule has 1 aliphatic heterocycles. The molecule has 0 saturated heterocycles. The summed E-state index contributed by atoms with van der Waals surface area (Å²) in [4.78, 5) is 14.4. The van der Waals surface area contributed by atoms with Crippen LogP contribution in [0.5, 0.6) is 0 Å². The van der Waals surface area contributed by atoms with Gasteiger partial charge >= 0.3 is 0 Å². The van der Waals surface area contributed by atoms with E-state index in [0.717, 1.165) is 16.9 Å². The van der Waals surface area contributed by atoms with Gasteiger partial charge in [0.05, 0.1) is 23.1 Å². The predicted molar refractivity (Wildman–Crippen MR) is 88.6 cm³/mol. The van der Waals surface area contributed by atoms with Crippen LogP contribution in [0.2, 0.25) is 0 Å². The van der Waals surface area contributed by atoms with Crippen LogP contribution in [-0.4, -0.2) is 22.7 Å². The Bertz CT molecular complexity index is 856. The van der Waals surface area contributed by atoms with Crippen LogP contribution in [0, 0.1) is 0 Å². The molecule has 1 amide bonds. The molecule has 1 aliphatic rings. The second-order valence-corrected chi connectivity index (χ2v) is 5.56. The Morgan fingerprint density at radius 1 is 1.04 bits per heavy atom. The highest BCUT2D eigenvalue weighted by Crippen LogP contribution is 2.31. The highest BCUT2D eigenvalue weighted by atomic mass is 16.2. The first-order valence-electron chi connectivity index (χ1n) is 7.47. The molecular weight excluding hydrogens is 288 g/mol. The maximum absolute atomic E-state index is 12.3. The van der Waals surface area contributed by atoms with Crippen LogP contribution in [0.1, 0.15) is 22.1 Å². The lowest BCUT2D eigenvalue weighted by Gasteiger charge is -2.35. The lowest BCUT2D eigenvalue weighted by Crippen LogP contribution is -2.44. The minimum Gasteiger partial charge on any atom is -0.350 e. The molecule has 0 bridgehead atoms. The van der Waals surface area contributed by atoms with Gasteiger partial charge < -0.3 is 10.2 Å². The largest absolute Gasteiger partial charge is 0.350 e. The zero-order valence-electron chi connectivity index (χ0n) is 12.7. The van der Waals surface area contributed by atoms with E-state index in [0.29, 0.717) is 5.56 Å². The van der Waals surface area contributed by atoms with Crippen molar-refractivity contribution in [2.45, 2.75) is 6.17 Å². The van der Waals surface area contributed by atoms with E-state index in [-0.39, 0.29) is 12.1 Å². The van der Waals surface area contributed by atoms with Crippen LogP contribution in [-0.2, 0) is 0 Å². The van der Waals surface area contributed by atoms with Gasteiger partial charge in [0.25, 0.3) is 5.91 Å². The van der Waals surface area contributed by atoms with Gasteiger partial charge in [-0.3, -0.25) is 4.79 Å². The summed E-state index contributed by atoms with van der Waals surface area (Å²) in [6, 6.07) is 17.5. The van der Waals surface area contributed by atoms with Crippen molar-refractivity contribution < 1.29 is 4.79 Å². The van der Waals surface area contributed by atoms with Crippen molar-refractivity contribution in [3.05, 3.63) is 78.1 Å². The molecule has 23 heavy (non-hydrogen) atoms. The number of aromatic nitrogens is 2. The number of benzene rings is 2. The summed E-state index contributed by atoms with van der Waals surface area (Å²) in [6.45, 7) is 0. The fourth-order valence-corrected chi connectivity index (χ4v) is 2.92. The van der Waals surface area contributed by atoms with Gasteiger partial charge in [-0.05, 0) is 24.3 Å². The summed E-state index contributed by atoms with van der Waals surface area (Å²) in [6.07, 6.45) is 3.52. The van der Waals surface area contributed by atoms with E-state index in [9.17, 15) is 4.79 Å². The number of fused-ring (bicyclic) bond motifs is 1. The number of para-hydroxylation sites is 2. The Balaban J connectivity index is 1.70. The van der Waals surface area contributed by atoms with E-state index in [2.05, 4.69) is 15.3 Å². The van der Waals surface area contributed by atoms with Crippen LogP contribution >= 0.6 is 0 Å². The molecule has 1 aromatic heterocycles. The highest BCUT2D eigenvalue weighted by molar-refractivity contribution is 6.01. The molecule has 0 spiro atoms. The van der Waals surface area contributed by atoms with Crippen LogP contribution in [0.3, 0.4) is 0 Å². The van der Waals surface area contributed by atoms with Crippen molar-refractivity contribution in [2.24, 2.45) is 0 Å². The van der Waals surface area contributed by atoms with E-state index in [1.54, 1.807) is 6.20 Å². The highest BCUT2D eigenvalue weighted by Gasteiger charge is 2.29. The van der Waals surface area contributed by atoms with Gasteiger partial charge in [0, 0.05) is 18.8 Å². The molecule has 0 aliphatic carbocycles. The molecular formula is C18H16N4O. The van der Waals surface area contributed by atoms with E-state index in [1.807, 2.05) is 72.5 Å². The average Bonchev–Trinajstić information content (AvgIpc) is 3.09.